The third kappa shape index (κ3) is 3.51. The summed E-state index contributed by atoms with van der Waals surface area (Å²) in [6.07, 6.45) is -0.402. The molecule has 2 atom stereocenters. The van der Waals surface area contributed by atoms with Crippen molar-refractivity contribution in [1.29, 1.82) is 0 Å². The van der Waals surface area contributed by atoms with E-state index in [1.807, 2.05) is 25.1 Å². The standard InChI is InChI=1S/C15H14BrClFNO/c1-9(19)15(11-4-2-3-5-13(11)17)20-10-6-7-14(18)12(16)8-10/h2-9,15H,19H2,1H3. The number of halogens is 3. The highest BCUT2D eigenvalue weighted by Crippen LogP contribution is 2.31. The van der Waals surface area contributed by atoms with Crippen LogP contribution in [0, 0.1) is 5.82 Å². The summed E-state index contributed by atoms with van der Waals surface area (Å²) in [5.74, 6) is 0.188. The van der Waals surface area contributed by atoms with Gasteiger partial charge in [-0.05, 0) is 47.1 Å². The molecule has 0 radical (unpaired) electrons. The number of nitrogens with two attached hydrogens (primary N) is 1. The topological polar surface area (TPSA) is 35.2 Å². The predicted molar refractivity (Wildman–Crippen MR) is 82.6 cm³/mol. The molecule has 0 aromatic heterocycles. The van der Waals surface area contributed by atoms with Crippen molar-refractivity contribution in [2.45, 2.75) is 19.1 Å². The third-order valence-electron chi connectivity index (χ3n) is 2.84. The first kappa shape index (κ1) is 15.3. The van der Waals surface area contributed by atoms with Crippen molar-refractivity contribution >= 4 is 27.5 Å². The minimum absolute atomic E-state index is 0.265. The fourth-order valence-corrected chi connectivity index (χ4v) is 2.46. The summed E-state index contributed by atoms with van der Waals surface area (Å²) in [5.41, 5.74) is 6.79. The Morgan fingerprint density at radius 3 is 2.55 bits per heavy atom. The summed E-state index contributed by atoms with van der Waals surface area (Å²) < 4.78 is 19.5. The minimum atomic E-state index is -0.402. The van der Waals surface area contributed by atoms with Crippen LogP contribution in [0.3, 0.4) is 0 Å². The van der Waals surface area contributed by atoms with Crippen LogP contribution in [0.2, 0.25) is 5.02 Å². The van der Waals surface area contributed by atoms with Crippen LogP contribution in [0.5, 0.6) is 5.75 Å². The van der Waals surface area contributed by atoms with Gasteiger partial charge in [0, 0.05) is 16.6 Å². The first-order chi connectivity index (χ1) is 9.49. The van der Waals surface area contributed by atoms with E-state index >= 15 is 0 Å². The first-order valence-corrected chi connectivity index (χ1v) is 7.28. The molecule has 2 rings (SSSR count). The Morgan fingerprint density at radius 1 is 1.25 bits per heavy atom. The minimum Gasteiger partial charge on any atom is -0.484 e. The number of rotatable bonds is 4. The molecular formula is C15H14BrClFNO. The second-order valence-electron chi connectivity index (χ2n) is 4.49. The maximum absolute atomic E-state index is 13.2. The number of hydrogen-bond acceptors (Lipinski definition) is 2. The highest BCUT2D eigenvalue weighted by Gasteiger charge is 2.21. The molecule has 2 unspecified atom stereocenters. The van der Waals surface area contributed by atoms with Gasteiger partial charge in [0.25, 0.3) is 0 Å². The van der Waals surface area contributed by atoms with Gasteiger partial charge in [0.1, 0.15) is 17.7 Å². The van der Waals surface area contributed by atoms with Crippen molar-refractivity contribution in [1.82, 2.24) is 0 Å². The SMILES string of the molecule is CC(N)C(Oc1ccc(F)c(Br)c1)c1ccccc1Cl. The van der Waals surface area contributed by atoms with E-state index in [0.29, 0.717) is 15.2 Å². The molecule has 0 saturated heterocycles. The molecular weight excluding hydrogens is 345 g/mol. The van der Waals surface area contributed by atoms with Crippen LogP contribution in [0.1, 0.15) is 18.6 Å². The van der Waals surface area contributed by atoms with Crippen molar-refractivity contribution in [3.05, 3.63) is 63.3 Å². The summed E-state index contributed by atoms with van der Waals surface area (Å²) in [6, 6.07) is 11.6. The van der Waals surface area contributed by atoms with E-state index in [1.54, 1.807) is 18.2 Å². The maximum Gasteiger partial charge on any atom is 0.140 e. The lowest BCUT2D eigenvalue weighted by atomic mass is 10.0. The smallest absolute Gasteiger partial charge is 0.140 e. The van der Waals surface area contributed by atoms with E-state index in [0.717, 1.165) is 5.56 Å². The van der Waals surface area contributed by atoms with Gasteiger partial charge in [0.15, 0.2) is 0 Å². The molecule has 2 N–H and O–H groups in total. The van der Waals surface area contributed by atoms with Crippen molar-refractivity contribution in [2.24, 2.45) is 5.73 Å². The molecule has 0 aliphatic rings. The molecule has 2 aromatic carbocycles. The van der Waals surface area contributed by atoms with Gasteiger partial charge in [0.05, 0.1) is 4.47 Å². The molecule has 106 valence electrons. The van der Waals surface area contributed by atoms with Crippen LogP contribution in [0.4, 0.5) is 4.39 Å². The molecule has 0 spiro atoms. The average molecular weight is 359 g/mol. The first-order valence-electron chi connectivity index (χ1n) is 6.10. The average Bonchev–Trinajstić information content (AvgIpc) is 2.41. The lowest BCUT2D eigenvalue weighted by molar-refractivity contribution is 0.180. The summed E-state index contributed by atoms with van der Waals surface area (Å²) in [7, 11) is 0. The fourth-order valence-electron chi connectivity index (χ4n) is 1.86. The Morgan fingerprint density at radius 2 is 1.95 bits per heavy atom. The molecule has 0 amide bonds. The number of hydrogen-bond donors (Lipinski definition) is 1. The zero-order chi connectivity index (χ0) is 14.7. The third-order valence-corrected chi connectivity index (χ3v) is 3.80. The van der Waals surface area contributed by atoms with E-state index in [1.165, 1.54) is 6.07 Å². The lowest BCUT2D eigenvalue weighted by Gasteiger charge is -2.24. The second-order valence-corrected chi connectivity index (χ2v) is 5.76. The Hall–Kier alpha value is -1.10. The predicted octanol–water partition coefficient (Wildman–Crippen LogP) is 4.71. The molecule has 2 aromatic rings. The zero-order valence-corrected chi connectivity index (χ0v) is 13.2. The fraction of sp³-hybridized carbons (Fsp3) is 0.200. The highest BCUT2D eigenvalue weighted by atomic mass is 79.9. The zero-order valence-electron chi connectivity index (χ0n) is 10.8. The second kappa shape index (κ2) is 6.57. The molecule has 0 aliphatic carbocycles. The molecule has 0 aliphatic heterocycles. The van der Waals surface area contributed by atoms with Crippen molar-refractivity contribution in [2.75, 3.05) is 0 Å². The van der Waals surface area contributed by atoms with Gasteiger partial charge in [-0.15, -0.1) is 0 Å². The van der Waals surface area contributed by atoms with E-state index in [9.17, 15) is 4.39 Å². The molecule has 0 saturated carbocycles. The van der Waals surface area contributed by atoms with Gasteiger partial charge in [-0.3, -0.25) is 0 Å². The summed E-state index contributed by atoms with van der Waals surface area (Å²) >= 11 is 9.31. The van der Waals surface area contributed by atoms with Gasteiger partial charge in [-0.25, -0.2) is 4.39 Å². The van der Waals surface area contributed by atoms with Crippen LogP contribution in [0.25, 0.3) is 0 Å². The molecule has 0 heterocycles. The lowest BCUT2D eigenvalue weighted by Crippen LogP contribution is -2.29. The van der Waals surface area contributed by atoms with E-state index in [4.69, 9.17) is 22.1 Å². The van der Waals surface area contributed by atoms with Crippen LogP contribution < -0.4 is 10.5 Å². The molecule has 20 heavy (non-hydrogen) atoms. The van der Waals surface area contributed by atoms with Crippen LogP contribution in [-0.2, 0) is 0 Å². The van der Waals surface area contributed by atoms with Crippen molar-refractivity contribution in [3.8, 4) is 5.75 Å². The number of benzene rings is 2. The Labute approximate surface area is 130 Å². The van der Waals surface area contributed by atoms with Crippen LogP contribution in [0.15, 0.2) is 46.9 Å². The number of ether oxygens (including phenoxy) is 1. The largest absolute Gasteiger partial charge is 0.484 e. The Balaban J connectivity index is 2.31. The van der Waals surface area contributed by atoms with Crippen molar-refractivity contribution in [3.63, 3.8) is 0 Å². The van der Waals surface area contributed by atoms with Gasteiger partial charge in [0.2, 0.25) is 0 Å². The monoisotopic (exact) mass is 357 g/mol. The van der Waals surface area contributed by atoms with Gasteiger partial charge >= 0.3 is 0 Å². The summed E-state index contributed by atoms with van der Waals surface area (Å²) in [4.78, 5) is 0. The molecule has 5 heteroatoms. The quantitative estimate of drug-likeness (QED) is 0.859. The van der Waals surface area contributed by atoms with Crippen molar-refractivity contribution < 1.29 is 9.13 Å². The maximum atomic E-state index is 13.2. The molecule has 0 fully saturated rings. The van der Waals surface area contributed by atoms with E-state index < -0.39 is 6.10 Å². The molecule has 0 bridgehead atoms. The van der Waals surface area contributed by atoms with E-state index in [-0.39, 0.29) is 11.9 Å². The molecule has 2 nitrogen and oxygen atoms in total. The van der Waals surface area contributed by atoms with Gasteiger partial charge in [-0.1, -0.05) is 29.8 Å². The Kier molecular flexibility index (Phi) is 5.02. The van der Waals surface area contributed by atoms with Gasteiger partial charge < -0.3 is 10.5 Å². The van der Waals surface area contributed by atoms with Gasteiger partial charge in [-0.2, -0.15) is 0 Å². The normalized spacial score (nSPS) is 13.8. The van der Waals surface area contributed by atoms with Crippen LogP contribution >= 0.6 is 27.5 Å². The summed E-state index contributed by atoms with van der Waals surface area (Å²) in [5, 5.41) is 0.593. The van der Waals surface area contributed by atoms with E-state index in [2.05, 4.69) is 15.9 Å². The summed E-state index contributed by atoms with van der Waals surface area (Å²) in [6.45, 7) is 1.84. The Bertz CT molecular complexity index is 606. The van der Waals surface area contributed by atoms with Crippen LogP contribution in [-0.4, -0.2) is 6.04 Å². The highest BCUT2D eigenvalue weighted by molar-refractivity contribution is 9.10.